The molecule has 0 saturated heterocycles. The van der Waals surface area contributed by atoms with Crippen molar-refractivity contribution in [3.05, 3.63) is 35.9 Å². The van der Waals surface area contributed by atoms with Crippen LogP contribution in [0.4, 0.5) is 9.59 Å². The number of hydrogen-bond donors (Lipinski definition) is 3. The van der Waals surface area contributed by atoms with Crippen LogP contribution in [-0.4, -0.2) is 41.1 Å². The Kier molecular flexibility index (Phi) is 8.38. The van der Waals surface area contributed by atoms with Crippen LogP contribution in [0.25, 0.3) is 0 Å². The van der Waals surface area contributed by atoms with E-state index in [9.17, 15) is 14.7 Å². The molecule has 3 N–H and O–H groups in total. The second-order valence-corrected chi connectivity index (χ2v) is 7.35. The van der Waals surface area contributed by atoms with Gasteiger partial charge in [0.05, 0.1) is 12.1 Å². The predicted molar refractivity (Wildman–Crippen MR) is 98.7 cm³/mol. The van der Waals surface area contributed by atoms with Crippen LogP contribution in [0.1, 0.15) is 46.6 Å². The first-order chi connectivity index (χ1) is 12.1. The van der Waals surface area contributed by atoms with Crippen molar-refractivity contribution in [3.8, 4) is 0 Å². The summed E-state index contributed by atoms with van der Waals surface area (Å²) in [6, 6.07) is 8.48. The second-order valence-electron chi connectivity index (χ2n) is 7.35. The number of hydrogen-bond acceptors (Lipinski definition) is 5. The van der Waals surface area contributed by atoms with Crippen molar-refractivity contribution >= 4 is 12.2 Å². The molecule has 1 aromatic rings. The Labute approximate surface area is 155 Å². The van der Waals surface area contributed by atoms with Gasteiger partial charge in [-0.1, -0.05) is 30.3 Å². The fourth-order valence-electron chi connectivity index (χ4n) is 2.18. The minimum Gasteiger partial charge on any atom is -0.445 e. The first-order valence-corrected chi connectivity index (χ1v) is 8.71. The number of benzene rings is 1. The SMILES string of the molecule is CC(CC(O)C(C)NC(=O)OCc1ccccc1)NC(=O)OC(C)(C)C. The molecule has 7 nitrogen and oxygen atoms in total. The lowest BCUT2D eigenvalue weighted by Gasteiger charge is -2.25. The first kappa shape index (κ1) is 21.8. The van der Waals surface area contributed by atoms with Gasteiger partial charge in [-0.15, -0.1) is 0 Å². The normalized spacial score (nSPS) is 14.7. The molecule has 26 heavy (non-hydrogen) atoms. The van der Waals surface area contributed by atoms with Crippen LogP contribution in [0.2, 0.25) is 0 Å². The molecule has 0 radical (unpaired) electrons. The van der Waals surface area contributed by atoms with Gasteiger partial charge in [0.1, 0.15) is 12.2 Å². The summed E-state index contributed by atoms with van der Waals surface area (Å²) in [5, 5.41) is 15.5. The van der Waals surface area contributed by atoms with E-state index < -0.39 is 29.9 Å². The highest BCUT2D eigenvalue weighted by Gasteiger charge is 2.22. The van der Waals surface area contributed by atoms with Gasteiger partial charge >= 0.3 is 12.2 Å². The third kappa shape index (κ3) is 9.27. The molecule has 0 aromatic heterocycles. The Balaban J connectivity index is 2.33. The van der Waals surface area contributed by atoms with E-state index in [0.29, 0.717) is 0 Å². The maximum atomic E-state index is 11.8. The van der Waals surface area contributed by atoms with Crippen LogP contribution in [0, 0.1) is 0 Å². The molecule has 0 spiro atoms. The third-order valence-electron chi connectivity index (χ3n) is 3.49. The summed E-state index contributed by atoms with van der Waals surface area (Å²) in [4.78, 5) is 23.5. The molecule has 1 rings (SSSR count). The van der Waals surface area contributed by atoms with Crippen LogP contribution in [0.5, 0.6) is 0 Å². The van der Waals surface area contributed by atoms with Gasteiger partial charge in [0.25, 0.3) is 0 Å². The fourth-order valence-corrected chi connectivity index (χ4v) is 2.18. The van der Waals surface area contributed by atoms with E-state index in [1.54, 1.807) is 34.6 Å². The van der Waals surface area contributed by atoms with Crippen molar-refractivity contribution in [2.45, 2.75) is 71.4 Å². The van der Waals surface area contributed by atoms with Crippen LogP contribution in [-0.2, 0) is 16.1 Å². The molecular weight excluding hydrogens is 336 g/mol. The zero-order valence-corrected chi connectivity index (χ0v) is 16.1. The molecule has 2 amide bonds. The molecule has 146 valence electrons. The molecule has 0 aliphatic rings. The smallest absolute Gasteiger partial charge is 0.407 e. The van der Waals surface area contributed by atoms with E-state index in [-0.39, 0.29) is 19.1 Å². The molecule has 3 unspecified atom stereocenters. The summed E-state index contributed by atoms with van der Waals surface area (Å²) in [5.74, 6) is 0. The van der Waals surface area contributed by atoms with Crippen LogP contribution in [0.15, 0.2) is 30.3 Å². The highest BCUT2D eigenvalue weighted by atomic mass is 16.6. The molecule has 0 aliphatic heterocycles. The maximum Gasteiger partial charge on any atom is 0.407 e. The molecule has 0 fully saturated rings. The number of nitrogens with one attached hydrogen (secondary N) is 2. The van der Waals surface area contributed by atoms with Crippen molar-refractivity contribution < 1.29 is 24.2 Å². The van der Waals surface area contributed by atoms with E-state index in [0.717, 1.165) is 5.56 Å². The van der Waals surface area contributed by atoms with Crippen LogP contribution in [0.3, 0.4) is 0 Å². The van der Waals surface area contributed by atoms with Gasteiger partial charge in [-0.3, -0.25) is 0 Å². The summed E-state index contributed by atoms with van der Waals surface area (Å²) in [6.45, 7) is 8.92. The third-order valence-corrected chi connectivity index (χ3v) is 3.49. The monoisotopic (exact) mass is 366 g/mol. The van der Waals surface area contributed by atoms with Crippen molar-refractivity contribution in [1.82, 2.24) is 10.6 Å². The topological polar surface area (TPSA) is 96.9 Å². The predicted octanol–water partition coefficient (Wildman–Crippen LogP) is 2.97. The Bertz CT molecular complexity index is 571. The van der Waals surface area contributed by atoms with E-state index >= 15 is 0 Å². The fraction of sp³-hybridized carbons (Fsp3) is 0.579. The Hall–Kier alpha value is -2.28. The second kappa shape index (κ2) is 10.0. The van der Waals surface area contributed by atoms with Crippen LogP contribution < -0.4 is 10.6 Å². The number of rotatable bonds is 7. The number of carbonyl (C=O) groups excluding carboxylic acids is 2. The Morgan fingerprint density at radius 1 is 1.08 bits per heavy atom. The number of ether oxygens (including phenoxy) is 2. The number of amides is 2. The van der Waals surface area contributed by atoms with Crippen molar-refractivity contribution in [1.29, 1.82) is 0 Å². The largest absolute Gasteiger partial charge is 0.445 e. The van der Waals surface area contributed by atoms with Crippen LogP contribution >= 0.6 is 0 Å². The molecule has 7 heteroatoms. The lowest BCUT2D eigenvalue weighted by molar-refractivity contribution is 0.0476. The maximum absolute atomic E-state index is 11.8. The number of carbonyl (C=O) groups is 2. The summed E-state index contributed by atoms with van der Waals surface area (Å²) < 4.78 is 10.3. The van der Waals surface area contributed by atoms with E-state index in [2.05, 4.69) is 10.6 Å². The van der Waals surface area contributed by atoms with Gasteiger partial charge in [-0.05, 0) is 46.6 Å². The standard InChI is InChI=1S/C19H30N2O5/c1-13(20-18(24)26-19(3,4)5)11-16(22)14(2)21-17(23)25-12-15-9-7-6-8-10-15/h6-10,13-14,16,22H,11-12H2,1-5H3,(H,20,24)(H,21,23). The van der Waals surface area contributed by atoms with Gasteiger partial charge < -0.3 is 25.2 Å². The van der Waals surface area contributed by atoms with E-state index in [1.807, 2.05) is 30.3 Å². The average Bonchev–Trinajstić information content (AvgIpc) is 2.51. The summed E-state index contributed by atoms with van der Waals surface area (Å²) in [5.41, 5.74) is 0.297. The number of alkyl carbamates (subject to hydrolysis) is 2. The van der Waals surface area contributed by atoms with Crippen molar-refractivity contribution in [3.63, 3.8) is 0 Å². The highest BCUT2D eigenvalue weighted by molar-refractivity contribution is 5.68. The minimum absolute atomic E-state index is 0.159. The molecule has 0 heterocycles. The van der Waals surface area contributed by atoms with Gasteiger partial charge in [0, 0.05) is 6.04 Å². The zero-order chi connectivity index (χ0) is 19.7. The van der Waals surface area contributed by atoms with Gasteiger partial charge in [0.2, 0.25) is 0 Å². The molecular formula is C19H30N2O5. The summed E-state index contributed by atoms with van der Waals surface area (Å²) in [7, 11) is 0. The van der Waals surface area contributed by atoms with Gasteiger partial charge in [-0.25, -0.2) is 9.59 Å². The van der Waals surface area contributed by atoms with Crippen molar-refractivity contribution in [2.75, 3.05) is 0 Å². The molecule has 1 aromatic carbocycles. The first-order valence-electron chi connectivity index (χ1n) is 8.71. The summed E-state index contributed by atoms with van der Waals surface area (Å²) >= 11 is 0. The van der Waals surface area contributed by atoms with E-state index in [4.69, 9.17) is 9.47 Å². The van der Waals surface area contributed by atoms with E-state index in [1.165, 1.54) is 0 Å². The van der Waals surface area contributed by atoms with Gasteiger partial charge in [-0.2, -0.15) is 0 Å². The highest BCUT2D eigenvalue weighted by Crippen LogP contribution is 2.09. The van der Waals surface area contributed by atoms with Crippen molar-refractivity contribution in [2.24, 2.45) is 0 Å². The molecule has 0 saturated carbocycles. The Morgan fingerprint density at radius 2 is 1.69 bits per heavy atom. The Morgan fingerprint density at radius 3 is 2.27 bits per heavy atom. The number of aliphatic hydroxyl groups is 1. The summed E-state index contributed by atoms with van der Waals surface area (Å²) in [6.07, 6.45) is -1.73. The molecule has 0 aliphatic carbocycles. The number of aliphatic hydroxyl groups excluding tert-OH is 1. The quantitative estimate of drug-likeness (QED) is 0.689. The average molecular weight is 366 g/mol. The zero-order valence-electron chi connectivity index (χ0n) is 16.1. The molecule has 3 atom stereocenters. The van der Waals surface area contributed by atoms with Gasteiger partial charge in [0.15, 0.2) is 0 Å². The minimum atomic E-state index is -0.843. The lowest BCUT2D eigenvalue weighted by Crippen LogP contribution is -2.45. The molecule has 0 bridgehead atoms. The lowest BCUT2D eigenvalue weighted by atomic mass is 10.1.